The summed E-state index contributed by atoms with van der Waals surface area (Å²) < 4.78 is 0. The first-order valence-corrected chi connectivity index (χ1v) is 9.10. The van der Waals surface area contributed by atoms with Crippen LogP contribution in [0.2, 0.25) is 0 Å². The van der Waals surface area contributed by atoms with Gasteiger partial charge >= 0.3 is 0 Å². The summed E-state index contributed by atoms with van der Waals surface area (Å²) in [7, 11) is 2.18. The molecular weight excluding hydrogens is 244 g/mol. The van der Waals surface area contributed by atoms with E-state index in [1.165, 1.54) is 58.0 Å². The summed E-state index contributed by atoms with van der Waals surface area (Å²) in [4.78, 5) is 2.89. The van der Waals surface area contributed by atoms with Crippen molar-refractivity contribution in [2.75, 3.05) is 20.1 Å². The smallest absolute Gasteiger partial charge is 0.0124 e. The predicted octanol–water partition coefficient (Wildman–Crippen LogP) is 3.52. The Morgan fingerprint density at radius 1 is 1.05 bits per heavy atom. The van der Waals surface area contributed by atoms with Gasteiger partial charge in [-0.3, -0.25) is 4.90 Å². The van der Waals surface area contributed by atoms with E-state index in [0.29, 0.717) is 0 Å². The minimum absolute atomic E-state index is 0.746. The summed E-state index contributed by atoms with van der Waals surface area (Å²) in [6.45, 7) is 7.67. The highest BCUT2D eigenvalue weighted by atomic mass is 15.2. The quantitative estimate of drug-likeness (QED) is 0.850. The molecule has 2 aliphatic carbocycles. The molecule has 3 fully saturated rings. The van der Waals surface area contributed by atoms with Crippen LogP contribution in [0.25, 0.3) is 0 Å². The van der Waals surface area contributed by atoms with Crippen molar-refractivity contribution in [2.24, 2.45) is 23.7 Å². The highest BCUT2D eigenvalue weighted by Crippen LogP contribution is 2.40. The molecule has 1 aliphatic heterocycles. The van der Waals surface area contributed by atoms with E-state index < -0.39 is 0 Å². The molecule has 2 heteroatoms. The lowest BCUT2D eigenvalue weighted by Crippen LogP contribution is -2.52. The van der Waals surface area contributed by atoms with Gasteiger partial charge in [0.05, 0.1) is 0 Å². The summed E-state index contributed by atoms with van der Waals surface area (Å²) in [6.07, 6.45) is 10.2. The lowest BCUT2D eigenvalue weighted by atomic mass is 9.72. The van der Waals surface area contributed by atoms with E-state index in [1.54, 1.807) is 0 Å². The van der Waals surface area contributed by atoms with Gasteiger partial charge < -0.3 is 5.32 Å². The molecule has 6 atom stereocenters. The fourth-order valence-corrected chi connectivity index (χ4v) is 5.60. The van der Waals surface area contributed by atoms with Gasteiger partial charge in [0.15, 0.2) is 0 Å². The van der Waals surface area contributed by atoms with Crippen LogP contribution in [0.15, 0.2) is 0 Å². The van der Waals surface area contributed by atoms with Crippen LogP contribution in [0.3, 0.4) is 0 Å². The number of nitrogens with one attached hydrogen (secondary N) is 1. The second-order valence-corrected chi connectivity index (χ2v) is 8.01. The zero-order valence-electron chi connectivity index (χ0n) is 13.8. The normalized spacial score (nSPS) is 46.4. The van der Waals surface area contributed by atoms with Crippen molar-refractivity contribution in [3.05, 3.63) is 0 Å². The lowest BCUT2D eigenvalue weighted by molar-refractivity contribution is 0.0496. The van der Waals surface area contributed by atoms with Gasteiger partial charge in [-0.15, -0.1) is 0 Å². The summed E-state index contributed by atoms with van der Waals surface area (Å²) in [5, 5.41) is 3.64. The molecule has 20 heavy (non-hydrogen) atoms. The Labute approximate surface area is 125 Å². The lowest BCUT2D eigenvalue weighted by Gasteiger charge is -2.45. The van der Waals surface area contributed by atoms with E-state index in [0.717, 1.165) is 35.8 Å². The minimum Gasteiger partial charge on any atom is -0.317 e. The van der Waals surface area contributed by atoms with Crippen LogP contribution < -0.4 is 5.32 Å². The highest BCUT2D eigenvalue weighted by Gasteiger charge is 2.39. The first-order chi connectivity index (χ1) is 9.69. The van der Waals surface area contributed by atoms with Crippen molar-refractivity contribution >= 4 is 0 Å². The molecule has 0 bridgehead atoms. The van der Waals surface area contributed by atoms with Crippen molar-refractivity contribution < 1.29 is 0 Å². The zero-order chi connectivity index (χ0) is 14.1. The number of hydrogen-bond acceptors (Lipinski definition) is 2. The number of hydrogen-bond donors (Lipinski definition) is 1. The van der Waals surface area contributed by atoms with Crippen molar-refractivity contribution in [2.45, 2.75) is 70.9 Å². The number of piperidine rings is 1. The molecule has 3 aliphatic rings. The SMILES string of the molecule is CNC1CC(C)CC(C)C1CN1CCCC2CCCC21. The first-order valence-electron chi connectivity index (χ1n) is 9.10. The van der Waals surface area contributed by atoms with E-state index in [1.807, 2.05) is 0 Å². The maximum Gasteiger partial charge on any atom is 0.0124 e. The van der Waals surface area contributed by atoms with Crippen molar-refractivity contribution in [3.63, 3.8) is 0 Å². The largest absolute Gasteiger partial charge is 0.317 e. The standard InChI is InChI=1S/C18H34N2/c1-13-10-14(2)16(17(11-13)19-3)12-20-9-5-7-15-6-4-8-18(15)20/h13-19H,4-12H2,1-3H3. The van der Waals surface area contributed by atoms with Gasteiger partial charge in [-0.1, -0.05) is 20.3 Å². The molecule has 2 saturated carbocycles. The Balaban J connectivity index is 1.65. The molecule has 0 aromatic rings. The van der Waals surface area contributed by atoms with E-state index in [2.05, 4.69) is 31.1 Å². The summed E-state index contributed by atoms with van der Waals surface area (Å²) in [6, 6.07) is 1.68. The highest BCUT2D eigenvalue weighted by molar-refractivity contribution is 4.94. The molecule has 0 aromatic carbocycles. The van der Waals surface area contributed by atoms with Crippen molar-refractivity contribution in [1.29, 1.82) is 0 Å². The van der Waals surface area contributed by atoms with Gasteiger partial charge in [-0.25, -0.2) is 0 Å². The first kappa shape index (κ1) is 14.8. The third-order valence-corrected chi connectivity index (χ3v) is 6.60. The van der Waals surface area contributed by atoms with Gasteiger partial charge in [0.2, 0.25) is 0 Å². The molecule has 1 heterocycles. The molecule has 0 aromatic heterocycles. The summed E-state index contributed by atoms with van der Waals surface area (Å²) >= 11 is 0. The Hall–Kier alpha value is -0.0800. The molecule has 6 unspecified atom stereocenters. The Morgan fingerprint density at radius 2 is 1.85 bits per heavy atom. The van der Waals surface area contributed by atoms with Gasteiger partial charge in [0.25, 0.3) is 0 Å². The van der Waals surface area contributed by atoms with E-state index in [4.69, 9.17) is 0 Å². The molecule has 0 spiro atoms. The van der Waals surface area contributed by atoms with Crippen LogP contribution in [0, 0.1) is 23.7 Å². The topological polar surface area (TPSA) is 15.3 Å². The monoisotopic (exact) mass is 278 g/mol. The molecule has 0 amide bonds. The molecule has 2 nitrogen and oxygen atoms in total. The minimum atomic E-state index is 0.746. The molecule has 1 N–H and O–H groups in total. The third-order valence-electron chi connectivity index (χ3n) is 6.60. The number of fused-ring (bicyclic) bond motifs is 1. The van der Waals surface area contributed by atoms with Crippen LogP contribution in [0.1, 0.15) is 58.8 Å². The Kier molecular flexibility index (Phi) is 4.72. The van der Waals surface area contributed by atoms with Crippen molar-refractivity contribution in [3.8, 4) is 0 Å². The predicted molar refractivity (Wildman–Crippen MR) is 85.8 cm³/mol. The van der Waals surface area contributed by atoms with E-state index in [9.17, 15) is 0 Å². The number of likely N-dealkylation sites (tertiary alicyclic amines) is 1. The van der Waals surface area contributed by atoms with Gasteiger partial charge in [-0.2, -0.15) is 0 Å². The van der Waals surface area contributed by atoms with Crippen LogP contribution in [-0.2, 0) is 0 Å². The second kappa shape index (κ2) is 6.36. The summed E-state index contributed by atoms with van der Waals surface area (Å²) in [5.41, 5.74) is 0. The second-order valence-electron chi connectivity index (χ2n) is 8.01. The van der Waals surface area contributed by atoms with Crippen molar-refractivity contribution in [1.82, 2.24) is 10.2 Å². The molecule has 116 valence electrons. The molecule has 0 radical (unpaired) electrons. The Bertz CT molecular complexity index is 317. The molecule has 3 rings (SSSR count). The zero-order valence-corrected chi connectivity index (χ0v) is 13.8. The summed E-state index contributed by atoms with van der Waals surface area (Å²) in [5.74, 6) is 3.70. The fourth-order valence-electron chi connectivity index (χ4n) is 5.60. The van der Waals surface area contributed by atoms with Gasteiger partial charge in [-0.05, 0) is 75.8 Å². The van der Waals surface area contributed by atoms with Gasteiger partial charge in [0.1, 0.15) is 0 Å². The average molecular weight is 278 g/mol. The van der Waals surface area contributed by atoms with Crippen LogP contribution in [-0.4, -0.2) is 37.1 Å². The molecular formula is C18H34N2. The van der Waals surface area contributed by atoms with Crippen LogP contribution in [0.4, 0.5) is 0 Å². The number of nitrogens with zero attached hydrogens (tertiary/aromatic N) is 1. The Morgan fingerprint density at radius 3 is 2.65 bits per heavy atom. The molecule has 1 saturated heterocycles. The maximum atomic E-state index is 3.64. The van der Waals surface area contributed by atoms with Crippen LogP contribution in [0.5, 0.6) is 0 Å². The third kappa shape index (κ3) is 2.92. The maximum absolute atomic E-state index is 3.64. The van der Waals surface area contributed by atoms with Crippen LogP contribution >= 0.6 is 0 Å². The van der Waals surface area contributed by atoms with E-state index >= 15 is 0 Å². The van der Waals surface area contributed by atoms with E-state index in [-0.39, 0.29) is 0 Å². The average Bonchev–Trinajstić information content (AvgIpc) is 2.90. The number of rotatable bonds is 3. The van der Waals surface area contributed by atoms with Gasteiger partial charge in [0, 0.05) is 18.6 Å². The fraction of sp³-hybridized carbons (Fsp3) is 1.00.